The van der Waals surface area contributed by atoms with E-state index in [0.29, 0.717) is 23.6 Å². The Morgan fingerprint density at radius 1 is 1.20 bits per heavy atom. The van der Waals surface area contributed by atoms with Crippen molar-refractivity contribution >= 4 is 5.69 Å². The molecule has 1 saturated carbocycles. The molecule has 0 amide bonds. The molecule has 1 aromatic carbocycles. The first-order valence-electron chi connectivity index (χ1n) is 5.12. The average molecular weight is 210 g/mol. The zero-order valence-electron chi connectivity index (χ0n) is 8.16. The summed E-state index contributed by atoms with van der Waals surface area (Å²) < 4.78 is 26.1. The van der Waals surface area contributed by atoms with Gasteiger partial charge in [-0.15, -0.1) is 0 Å². The Labute approximate surface area is 86.7 Å². The zero-order valence-corrected chi connectivity index (χ0v) is 8.16. The molecule has 4 heteroatoms. The van der Waals surface area contributed by atoms with Gasteiger partial charge in [-0.05, 0) is 24.0 Å². The lowest BCUT2D eigenvalue weighted by molar-refractivity contribution is 0.578. The third kappa shape index (κ3) is 1.32. The van der Waals surface area contributed by atoms with Gasteiger partial charge in [-0.2, -0.15) is 0 Å². The molecule has 3 rings (SSSR count). The minimum atomic E-state index is -0.530. The van der Waals surface area contributed by atoms with E-state index in [4.69, 9.17) is 5.73 Å². The molecule has 1 heterocycles. The van der Waals surface area contributed by atoms with Crippen molar-refractivity contribution in [3.8, 4) is 0 Å². The third-order valence-electron chi connectivity index (χ3n) is 3.51. The normalized spacial score (nSPS) is 33.0. The van der Waals surface area contributed by atoms with Crippen LogP contribution in [-0.2, 0) is 0 Å². The van der Waals surface area contributed by atoms with Crippen LogP contribution in [0.25, 0.3) is 0 Å². The monoisotopic (exact) mass is 210 g/mol. The van der Waals surface area contributed by atoms with Crippen LogP contribution >= 0.6 is 0 Å². The molecule has 2 fully saturated rings. The predicted molar refractivity (Wildman–Crippen MR) is 53.5 cm³/mol. The standard InChI is InChI=1S/C11H12F2N2/c12-6-1-2-10(9(13)3-6)15-4-7-8(5-15)11(7)14/h1-3,7-8,11H,4-5,14H2/t7-,8+,11?. The molecule has 80 valence electrons. The van der Waals surface area contributed by atoms with Crippen LogP contribution in [0.15, 0.2) is 18.2 Å². The maximum atomic E-state index is 13.4. The summed E-state index contributed by atoms with van der Waals surface area (Å²) in [5, 5.41) is 0. The molecule has 0 bridgehead atoms. The molecular formula is C11H12F2N2. The highest BCUT2D eigenvalue weighted by atomic mass is 19.1. The van der Waals surface area contributed by atoms with E-state index in [2.05, 4.69) is 0 Å². The number of halogens is 2. The summed E-state index contributed by atoms with van der Waals surface area (Å²) in [6.07, 6.45) is 0. The molecule has 2 nitrogen and oxygen atoms in total. The summed E-state index contributed by atoms with van der Waals surface area (Å²) in [5.41, 5.74) is 6.29. The number of hydrogen-bond donors (Lipinski definition) is 1. The summed E-state index contributed by atoms with van der Waals surface area (Å²) in [6, 6.07) is 4.02. The van der Waals surface area contributed by atoms with Crippen LogP contribution in [0.4, 0.5) is 14.5 Å². The molecule has 0 aromatic heterocycles. The molecular weight excluding hydrogens is 198 g/mol. The fourth-order valence-electron chi connectivity index (χ4n) is 2.51. The van der Waals surface area contributed by atoms with Crippen molar-refractivity contribution in [2.45, 2.75) is 6.04 Å². The van der Waals surface area contributed by atoms with Crippen LogP contribution in [-0.4, -0.2) is 19.1 Å². The third-order valence-corrected chi connectivity index (χ3v) is 3.51. The van der Waals surface area contributed by atoms with Crippen LogP contribution in [0, 0.1) is 23.5 Å². The maximum absolute atomic E-state index is 13.4. The number of nitrogens with two attached hydrogens (primary N) is 1. The van der Waals surface area contributed by atoms with Gasteiger partial charge >= 0.3 is 0 Å². The molecule has 0 radical (unpaired) electrons. The summed E-state index contributed by atoms with van der Waals surface area (Å²) in [5.74, 6) is 0.00563. The predicted octanol–water partition coefficient (Wildman–Crippen LogP) is 1.36. The Bertz CT molecular complexity index is 396. The second-order valence-corrected chi connectivity index (χ2v) is 4.41. The second-order valence-electron chi connectivity index (χ2n) is 4.41. The smallest absolute Gasteiger partial charge is 0.149 e. The first-order chi connectivity index (χ1) is 7.16. The Hall–Kier alpha value is -1.16. The molecule has 1 saturated heterocycles. The first-order valence-corrected chi connectivity index (χ1v) is 5.12. The van der Waals surface area contributed by atoms with Gasteiger partial charge in [-0.25, -0.2) is 8.78 Å². The quantitative estimate of drug-likeness (QED) is 0.758. The van der Waals surface area contributed by atoms with E-state index in [-0.39, 0.29) is 0 Å². The zero-order chi connectivity index (χ0) is 10.6. The lowest BCUT2D eigenvalue weighted by atomic mass is 10.2. The number of hydrogen-bond acceptors (Lipinski definition) is 2. The number of benzene rings is 1. The molecule has 15 heavy (non-hydrogen) atoms. The minimum Gasteiger partial charge on any atom is -0.368 e. The van der Waals surface area contributed by atoms with Gasteiger partial charge in [0.05, 0.1) is 5.69 Å². The van der Waals surface area contributed by atoms with Crippen molar-refractivity contribution in [2.75, 3.05) is 18.0 Å². The summed E-state index contributed by atoms with van der Waals surface area (Å²) in [7, 11) is 0. The molecule has 3 atom stereocenters. The molecule has 1 unspecified atom stereocenters. The summed E-state index contributed by atoms with van der Waals surface area (Å²) >= 11 is 0. The lowest BCUT2D eigenvalue weighted by Gasteiger charge is -2.21. The Morgan fingerprint density at radius 2 is 1.87 bits per heavy atom. The minimum absolute atomic E-state index is 0.296. The van der Waals surface area contributed by atoms with Gasteiger partial charge in [-0.1, -0.05) is 0 Å². The molecule has 1 aliphatic heterocycles. The molecule has 1 aliphatic carbocycles. The van der Waals surface area contributed by atoms with Crippen LogP contribution in [0.5, 0.6) is 0 Å². The summed E-state index contributed by atoms with van der Waals surface area (Å²) in [6.45, 7) is 1.60. The van der Waals surface area contributed by atoms with Crippen LogP contribution in [0.2, 0.25) is 0 Å². The number of anilines is 1. The van der Waals surface area contributed by atoms with E-state index in [1.807, 2.05) is 4.90 Å². The van der Waals surface area contributed by atoms with Gasteiger partial charge in [0.1, 0.15) is 11.6 Å². The van der Waals surface area contributed by atoms with E-state index in [9.17, 15) is 8.78 Å². The first kappa shape index (κ1) is 9.09. The van der Waals surface area contributed by atoms with E-state index < -0.39 is 11.6 Å². The average Bonchev–Trinajstić information content (AvgIpc) is 2.63. The fourth-order valence-corrected chi connectivity index (χ4v) is 2.51. The highest BCUT2D eigenvalue weighted by Gasteiger charge is 2.53. The summed E-state index contributed by atoms with van der Waals surface area (Å²) in [4.78, 5) is 1.95. The van der Waals surface area contributed by atoms with Gasteiger partial charge in [0.25, 0.3) is 0 Å². The number of fused-ring (bicyclic) bond motifs is 1. The Morgan fingerprint density at radius 3 is 2.47 bits per heavy atom. The van der Waals surface area contributed by atoms with Gasteiger partial charge in [0, 0.05) is 25.2 Å². The van der Waals surface area contributed by atoms with Gasteiger partial charge in [0.2, 0.25) is 0 Å². The lowest BCUT2D eigenvalue weighted by Crippen LogP contribution is -2.28. The highest BCUT2D eigenvalue weighted by Crippen LogP contribution is 2.45. The van der Waals surface area contributed by atoms with Crippen LogP contribution in [0.1, 0.15) is 0 Å². The highest BCUT2D eigenvalue weighted by molar-refractivity contribution is 5.50. The SMILES string of the molecule is NC1[C@H]2CN(c3ccc(F)cc3F)C[C@@H]12. The van der Waals surface area contributed by atoms with E-state index >= 15 is 0 Å². The van der Waals surface area contributed by atoms with Crippen molar-refractivity contribution in [1.29, 1.82) is 0 Å². The molecule has 0 spiro atoms. The van der Waals surface area contributed by atoms with Gasteiger partial charge in [0.15, 0.2) is 0 Å². The van der Waals surface area contributed by atoms with Crippen molar-refractivity contribution in [1.82, 2.24) is 0 Å². The van der Waals surface area contributed by atoms with Crippen molar-refractivity contribution in [3.63, 3.8) is 0 Å². The van der Waals surface area contributed by atoms with E-state index in [1.165, 1.54) is 12.1 Å². The Balaban J connectivity index is 1.83. The number of piperidine rings is 1. The van der Waals surface area contributed by atoms with Crippen LogP contribution in [0.3, 0.4) is 0 Å². The number of rotatable bonds is 1. The molecule has 1 aromatic rings. The van der Waals surface area contributed by atoms with E-state index in [1.54, 1.807) is 0 Å². The van der Waals surface area contributed by atoms with Crippen molar-refractivity contribution < 1.29 is 8.78 Å². The fraction of sp³-hybridized carbons (Fsp3) is 0.455. The molecule has 2 aliphatic rings. The van der Waals surface area contributed by atoms with E-state index in [0.717, 1.165) is 19.2 Å². The molecule has 2 N–H and O–H groups in total. The van der Waals surface area contributed by atoms with Crippen molar-refractivity contribution in [3.05, 3.63) is 29.8 Å². The number of nitrogens with zero attached hydrogens (tertiary/aromatic N) is 1. The largest absolute Gasteiger partial charge is 0.368 e. The maximum Gasteiger partial charge on any atom is 0.149 e. The van der Waals surface area contributed by atoms with Crippen LogP contribution < -0.4 is 10.6 Å². The van der Waals surface area contributed by atoms with Gasteiger partial charge in [-0.3, -0.25) is 0 Å². The topological polar surface area (TPSA) is 29.3 Å². The second kappa shape index (κ2) is 2.92. The van der Waals surface area contributed by atoms with Crippen molar-refractivity contribution in [2.24, 2.45) is 17.6 Å². The van der Waals surface area contributed by atoms with Gasteiger partial charge < -0.3 is 10.6 Å². The Kier molecular flexibility index (Phi) is 1.77.